The third-order valence-electron chi connectivity index (χ3n) is 5.47. The van der Waals surface area contributed by atoms with Gasteiger partial charge in [0.15, 0.2) is 0 Å². The molecule has 0 N–H and O–H groups in total. The third kappa shape index (κ3) is 75.0. The van der Waals surface area contributed by atoms with Crippen LogP contribution in [0.15, 0.2) is 177 Å². The minimum Gasteiger partial charge on any atom is -0.418 e. The smallest absolute Gasteiger partial charge is 0.418 e. The summed E-state index contributed by atoms with van der Waals surface area (Å²) in [4.78, 5) is 24.5. The fourth-order valence-corrected chi connectivity index (χ4v) is 3.27. The van der Waals surface area contributed by atoms with Gasteiger partial charge in [-0.25, -0.2) is 0 Å². The molecule has 0 radical (unpaired) electrons. The van der Waals surface area contributed by atoms with Crippen molar-refractivity contribution < 1.29 is 102 Å². The summed E-state index contributed by atoms with van der Waals surface area (Å²) in [6.45, 7) is 2.86. The zero-order valence-electron chi connectivity index (χ0n) is 38.6. The van der Waals surface area contributed by atoms with Crippen LogP contribution in [0.3, 0.4) is 0 Å². The molecule has 14 nitrogen and oxygen atoms in total. The Morgan fingerprint density at radius 3 is 0.487 bits per heavy atom. The summed E-state index contributed by atoms with van der Waals surface area (Å²) in [6.07, 6.45) is 19.9. The molecule has 0 fully saturated rings. The van der Waals surface area contributed by atoms with Crippen LogP contribution in [0.2, 0.25) is 0 Å². The summed E-state index contributed by atoms with van der Waals surface area (Å²) >= 11 is 0. The predicted molar refractivity (Wildman–Crippen MR) is 254 cm³/mol. The van der Waals surface area contributed by atoms with Crippen molar-refractivity contribution in [2.75, 3.05) is 0 Å². The first-order valence-electron chi connectivity index (χ1n) is 19.4. The van der Waals surface area contributed by atoms with Crippen molar-refractivity contribution in [3.63, 3.8) is 0 Å². The molecule has 0 aliphatic carbocycles. The first-order valence-corrected chi connectivity index (χ1v) is 19.4. The normalized spacial score (nSPS) is 10.5. The van der Waals surface area contributed by atoms with E-state index in [1.807, 2.05) is 109 Å². The van der Waals surface area contributed by atoms with E-state index in [1.165, 1.54) is 13.8 Å². The second kappa shape index (κ2) is 48.0. The van der Waals surface area contributed by atoms with Crippen molar-refractivity contribution >= 4 is 66.3 Å². The number of hydrogen-bond acceptors (Lipinski definition) is 14. The van der Waals surface area contributed by atoms with Gasteiger partial charge >= 0.3 is 62.0 Å². The van der Waals surface area contributed by atoms with E-state index < -0.39 is 29.0 Å². The van der Waals surface area contributed by atoms with E-state index >= 15 is 0 Å². The van der Waals surface area contributed by atoms with Gasteiger partial charge < -0.3 is 69.1 Å². The van der Waals surface area contributed by atoms with E-state index in [-0.39, 0.29) is 33.0 Å². The average Bonchev–Trinajstić information content (AvgIpc) is 3.32. The van der Waals surface area contributed by atoms with E-state index in [9.17, 15) is 69.1 Å². The zero-order chi connectivity index (χ0) is 56.6. The first kappa shape index (κ1) is 76.9. The summed E-state index contributed by atoms with van der Waals surface area (Å²) in [5, 5.41) is 37.9. The Kier molecular flexibility index (Phi) is 48.6. The Bertz CT molecular complexity index is 2100. The van der Waals surface area contributed by atoms with Crippen molar-refractivity contribution in [1.29, 1.82) is 10.5 Å². The van der Waals surface area contributed by atoms with Crippen LogP contribution in [0.4, 0.5) is 69.1 Å². The van der Waals surface area contributed by atoms with Gasteiger partial charge in [-0.1, -0.05) is 36.4 Å². The standard InChI is InChI=1S/3C12H10N4.2C2H3N.4BF4.2Ni/c3*1-3-7-13-11(5-1)9-15-16-10-12-6-2-4-8-14-12;2*1-2-3;4*2-1(3,4)5;;/h3*1-10H;2*1H3;;;;;;/q;;;;;4*-1;2*+2/b3*15-9+,16-10+;;;;;;;;. The molecule has 0 aromatic carbocycles. The van der Waals surface area contributed by atoms with Gasteiger partial charge in [-0.05, 0) is 72.8 Å². The van der Waals surface area contributed by atoms with Crippen LogP contribution < -0.4 is 0 Å². The maximum absolute atomic E-state index is 9.75. The molecule has 6 aromatic heterocycles. The monoisotopic (exact) mass is 1180 g/mol. The Morgan fingerprint density at radius 2 is 0.408 bits per heavy atom. The number of hydrogen-bond donors (Lipinski definition) is 0. The van der Waals surface area contributed by atoms with Crippen LogP contribution in [-0.4, -0.2) is 96.2 Å². The van der Waals surface area contributed by atoms with Crippen LogP contribution in [0, 0.1) is 22.7 Å². The first-order chi connectivity index (χ1) is 34.7. The Morgan fingerprint density at radius 1 is 0.303 bits per heavy atom. The van der Waals surface area contributed by atoms with Gasteiger partial charge in [-0.3, -0.25) is 29.9 Å². The molecule has 410 valence electrons. The van der Waals surface area contributed by atoms with Gasteiger partial charge in [0, 0.05) is 51.0 Å². The number of pyridine rings is 6. The quantitative estimate of drug-likeness (QED) is 0.0589. The minimum absolute atomic E-state index is 0. The van der Waals surface area contributed by atoms with Crippen LogP contribution in [0.1, 0.15) is 48.0 Å². The molecular formula is C40H36B4F16N14Ni2. The molecule has 0 saturated carbocycles. The molecule has 6 rings (SSSR count). The Balaban J connectivity index is -0.000000267. The van der Waals surface area contributed by atoms with Gasteiger partial charge in [0.2, 0.25) is 0 Å². The topological polar surface area (TPSA) is 199 Å². The Labute approximate surface area is 444 Å². The van der Waals surface area contributed by atoms with Crippen LogP contribution in [0.5, 0.6) is 0 Å². The van der Waals surface area contributed by atoms with Gasteiger partial charge in [0.25, 0.3) is 0 Å². The number of halogens is 16. The molecule has 0 aliphatic heterocycles. The molecular weight excluding hydrogens is 1140 g/mol. The van der Waals surface area contributed by atoms with E-state index in [0.717, 1.165) is 34.2 Å². The zero-order valence-corrected chi connectivity index (χ0v) is 40.5. The fraction of sp³-hybridized carbons (Fsp3) is 0.0500. The third-order valence-corrected chi connectivity index (χ3v) is 5.47. The SMILES string of the molecule is C(=N\N=C\c1ccccn1)/c1ccccn1.C(=N\N=C\c1ccccn1)/c1ccccn1.C(=N\N=C\c1ccccn1)/c1ccccn1.CC#N.CC#N.F[B-](F)(F)F.F[B-](F)(F)F.F[B-](F)(F)F.F[B-](F)(F)F.[Ni+2].[Ni+2]. The summed E-state index contributed by atoms with van der Waals surface area (Å²) in [5.74, 6) is 0. The molecule has 6 aromatic rings. The molecule has 0 saturated heterocycles. The van der Waals surface area contributed by atoms with Gasteiger partial charge in [-0.2, -0.15) is 41.1 Å². The molecule has 76 heavy (non-hydrogen) atoms. The molecule has 36 heteroatoms. The van der Waals surface area contributed by atoms with Crippen molar-refractivity contribution in [1.82, 2.24) is 29.9 Å². The minimum atomic E-state index is -6.00. The van der Waals surface area contributed by atoms with Gasteiger partial charge in [0.05, 0.1) is 83.6 Å². The summed E-state index contributed by atoms with van der Waals surface area (Å²) < 4.78 is 156. The molecule has 0 atom stereocenters. The molecule has 6 heterocycles. The average molecular weight is 1180 g/mol. The molecule has 0 amide bonds. The molecule has 0 bridgehead atoms. The van der Waals surface area contributed by atoms with Gasteiger partial charge in [-0.15, -0.1) is 0 Å². The number of aromatic nitrogens is 6. The van der Waals surface area contributed by atoms with E-state index in [0.29, 0.717) is 0 Å². The number of nitrogens with zero attached hydrogens (tertiary/aromatic N) is 14. The van der Waals surface area contributed by atoms with E-state index in [2.05, 4.69) is 60.5 Å². The summed E-state index contributed by atoms with van der Waals surface area (Å²) in [7, 11) is -24.0. The van der Waals surface area contributed by atoms with Crippen molar-refractivity contribution in [2.24, 2.45) is 30.6 Å². The second-order valence-electron chi connectivity index (χ2n) is 11.4. The fourth-order valence-electron chi connectivity index (χ4n) is 3.27. The Hall–Kier alpha value is -7.97. The maximum atomic E-state index is 9.75. The number of nitriles is 2. The van der Waals surface area contributed by atoms with Crippen molar-refractivity contribution in [3.8, 4) is 12.1 Å². The van der Waals surface area contributed by atoms with E-state index in [1.54, 1.807) is 86.6 Å². The van der Waals surface area contributed by atoms with Gasteiger partial charge in [0.1, 0.15) is 0 Å². The van der Waals surface area contributed by atoms with E-state index in [4.69, 9.17) is 10.5 Å². The summed E-state index contributed by atoms with van der Waals surface area (Å²) in [5.41, 5.74) is 4.67. The van der Waals surface area contributed by atoms with Crippen molar-refractivity contribution in [2.45, 2.75) is 13.8 Å². The van der Waals surface area contributed by atoms with Crippen LogP contribution in [0.25, 0.3) is 0 Å². The predicted octanol–water partition coefficient (Wildman–Crippen LogP) is 12.0. The molecule has 0 unspecified atom stereocenters. The largest absolute Gasteiger partial charge is 2.00 e. The maximum Gasteiger partial charge on any atom is 2.00 e. The second-order valence-corrected chi connectivity index (χ2v) is 11.4. The van der Waals surface area contributed by atoms with Crippen molar-refractivity contribution in [3.05, 3.63) is 181 Å². The van der Waals surface area contributed by atoms with Crippen LogP contribution >= 0.6 is 0 Å². The summed E-state index contributed by atoms with van der Waals surface area (Å²) in [6, 6.07) is 37.2. The van der Waals surface area contributed by atoms with Crippen LogP contribution in [-0.2, 0) is 33.0 Å². The number of rotatable bonds is 9. The molecule has 0 spiro atoms. The molecule has 0 aliphatic rings.